The summed E-state index contributed by atoms with van der Waals surface area (Å²) in [7, 11) is -3.18. The number of benzene rings is 2. The molecule has 0 aliphatic rings. The van der Waals surface area contributed by atoms with E-state index >= 15 is 0 Å². The monoisotopic (exact) mass is 908 g/mol. The molecule has 0 saturated heterocycles. The summed E-state index contributed by atoms with van der Waals surface area (Å²) >= 11 is 11.8. The van der Waals surface area contributed by atoms with Crippen molar-refractivity contribution in [1.82, 2.24) is 0 Å². The molecule has 0 aliphatic heterocycles. The van der Waals surface area contributed by atoms with Gasteiger partial charge in [0.25, 0.3) is 5.03 Å². The van der Waals surface area contributed by atoms with Gasteiger partial charge in [0.1, 0.15) is 0 Å². The van der Waals surface area contributed by atoms with E-state index in [0.29, 0.717) is 9.88 Å². The molecule has 0 saturated carbocycles. The summed E-state index contributed by atoms with van der Waals surface area (Å²) in [6, 6.07) is 22.1. The molecule has 4 aromatic rings. The van der Waals surface area contributed by atoms with Crippen LogP contribution in [0.4, 0.5) is 0 Å². The Morgan fingerprint density at radius 1 is 0.739 bits per heavy atom. The van der Waals surface area contributed by atoms with Crippen LogP contribution < -0.4 is 9.46 Å². The van der Waals surface area contributed by atoms with Gasteiger partial charge in [-0.25, -0.2) is 0 Å². The Morgan fingerprint density at radius 2 is 1.17 bits per heavy atom. The third-order valence-electron chi connectivity index (χ3n) is 5.84. The van der Waals surface area contributed by atoms with Crippen LogP contribution in [-0.4, -0.2) is 74.1 Å². The molecule has 0 spiro atoms. The van der Waals surface area contributed by atoms with Crippen LogP contribution in [0.25, 0.3) is 0 Å². The number of aryl methyl sites for hydroxylation is 4. The van der Waals surface area contributed by atoms with E-state index in [-0.39, 0.29) is 26.9 Å². The molecular formula is C28H36Cl2N2Na2O9S2W+2. The maximum absolute atomic E-state index is 10.4. The number of halogens is 2. The summed E-state index contributed by atoms with van der Waals surface area (Å²) in [6.07, 6.45) is 0. The van der Waals surface area contributed by atoms with E-state index in [1.54, 1.807) is 23.9 Å². The van der Waals surface area contributed by atoms with Gasteiger partial charge >= 0.3 is 86.3 Å². The molecule has 0 radical (unpaired) electrons. The molecular weight excluding hydrogens is 873 g/mol. The van der Waals surface area contributed by atoms with E-state index in [1.807, 2.05) is 44.2 Å². The average molecular weight is 909 g/mol. The van der Waals surface area contributed by atoms with Crippen LogP contribution in [0.3, 0.4) is 0 Å². The zero-order chi connectivity index (χ0) is 33.6. The van der Waals surface area contributed by atoms with Crippen molar-refractivity contribution in [2.24, 2.45) is 0 Å². The van der Waals surface area contributed by atoms with E-state index in [1.165, 1.54) is 72.4 Å². The first-order valence-electron chi connectivity index (χ1n) is 13.2. The first-order chi connectivity index (χ1) is 20.6. The van der Waals surface area contributed by atoms with Gasteiger partial charge in [0, 0.05) is 39.5 Å². The fourth-order valence-electron chi connectivity index (χ4n) is 3.62. The van der Waals surface area contributed by atoms with Gasteiger partial charge in [0.2, 0.25) is 0 Å². The van der Waals surface area contributed by atoms with Crippen molar-refractivity contribution >= 4 is 89.2 Å². The zero-order valence-electron chi connectivity index (χ0n) is 26.2. The van der Waals surface area contributed by atoms with Gasteiger partial charge in [-0.3, -0.25) is 19.5 Å². The molecule has 0 amide bonds. The summed E-state index contributed by atoms with van der Waals surface area (Å²) in [5, 5.41) is 20.7. The number of hydrogen-bond acceptors (Lipinski definition) is 8. The molecule has 46 heavy (non-hydrogen) atoms. The quantitative estimate of drug-likeness (QED) is 0.0695. The third-order valence-corrected chi connectivity index (χ3v) is 9.17. The molecule has 18 heteroatoms. The van der Waals surface area contributed by atoms with E-state index in [4.69, 9.17) is 33.4 Å². The fraction of sp³-hybridized carbons (Fsp3) is 0.214. The molecule has 0 bridgehead atoms. The van der Waals surface area contributed by atoms with Crippen molar-refractivity contribution in [3.8, 4) is 0 Å². The molecule has 4 rings (SSSR count). The molecule has 244 valence electrons. The molecule has 8 N–H and O–H groups in total. The Hall–Kier alpha value is -0.452. The number of rotatable bonds is 6. The standard InChI is InChI=1S/C14H16ClNO3S.C14H15ClNOS.2Na.2H2O.3O.W/c1-10-6-7-11(2)12(8-10)9-20(18,19)14-5-3-4-13(15)16(14)17;1-10-6-7-11(2)12(8-10)9-18-14-5-3-4-13(15)16(14)17;;;;;;;;/h3-8H,9H2,1-2H3,(H2-,17,18,19);3-8,17H,9H2,1-2H3;;;2*1H2;;;;/q;+1;;;;;;;;/p+1. The van der Waals surface area contributed by atoms with E-state index in [9.17, 15) is 19.5 Å². The number of hydrogen-bond donors (Lipinski definition) is 4. The normalized spacial score (nSPS) is 10.3. The molecule has 2 heterocycles. The molecule has 0 atom stereocenters. The SMILES string of the molecule is Cc1ccc(C)c(CS(O)(O)c2cccc(Cl)[n+]2O)c1.Cc1ccc(C)c(CSc2cccc(Cl)[n+]2O)c1.O.O.[Na][Na].[O]=[W](=[O])=[O]. The average Bonchev–Trinajstić information content (AvgIpc) is 2.95. The van der Waals surface area contributed by atoms with Crippen LogP contribution in [0.2, 0.25) is 10.3 Å². The van der Waals surface area contributed by atoms with Crippen LogP contribution in [0.1, 0.15) is 33.4 Å². The van der Waals surface area contributed by atoms with Crippen LogP contribution in [-0.2, 0) is 38.9 Å². The Bertz CT molecular complexity index is 1670. The number of nitrogens with zero attached hydrogens (tertiary/aromatic N) is 2. The van der Waals surface area contributed by atoms with Gasteiger partial charge in [0.15, 0.2) is 0 Å². The number of thioether (sulfide) groups is 1. The van der Waals surface area contributed by atoms with Gasteiger partial charge in [-0.1, -0.05) is 47.5 Å². The van der Waals surface area contributed by atoms with Crippen LogP contribution >= 0.6 is 45.6 Å². The van der Waals surface area contributed by atoms with Gasteiger partial charge in [-0.15, -0.1) is 10.6 Å². The summed E-state index contributed by atoms with van der Waals surface area (Å²) in [4.78, 5) is 0. The first kappa shape index (κ1) is 47.7. The van der Waals surface area contributed by atoms with Gasteiger partial charge in [0.05, 0.1) is 5.75 Å². The Morgan fingerprint density at radius 3 is 1.70 bits per heavy atom. The van der Waals surface area contributed by atoms with Crippen molar-refractivity contribution < 1.29 is 67.3 Å². The molecule has 2 aromatic carbocycles. The van der Waals surface area contributed by atoms with E-state index in [2.05, 4.69) is 32.0 Å². The third kappa shape index (κ3) is 16.3. The van der Waals surface area contributed by atoms with E-state index < -0.39 is 27.8 Å². The molecule has 2 aromatic heterocycles. The minimum absolute atomic E-state index is 0. The second kappa shape index (κ2) is 23.8. The minimum atomic E-state index is -4.28. The molecule has 0 unspecified atom stereocenters. The second-order valence-corrected chi connectivity index (χ2v) is 14.4. The van der Waals surface area contributed by atoms with Crippen LogP contribution in [0.5, 0.6) is 0 Å². The van der Waals surface area contributed by atoms with Gasteiger partial charge in [-0.2, -0.15) is 0 Å². The van der Waals surface area contributed by atoms with Gasteiger partial charge < -0.3 is 11.0 Å². The number of aromatic nitrogens is 2. The predicted octanol–water partition coefficient (Wildman–Crippen LogP) is 4.80. The predicted molar refractivity (Wildman–Crippen MR) is 175 cm³/mol. The van der Waals surface area contributed by atoms with E-state index in [0.717, 1.165) is 32.2 Å². The van der Waals surface area contributed by atoms with Crippen molar-refractivity contribution in [1.29, 1.82) is 0 Å². The van der Waals surface area contributed by atoms with Crippen LogP contribution in [0, 0.1) is 27.7 Å². The second-order valence-electron chi connectivity index (χ2n) is 9.16. The Balaban J connectivity index is 0. The summed E-state index contributed by atoms with van der Waals surface area (Å²) < 4.78 is 48.2. The Kier molecular flexibility index (Phi) is 24.7. The summed E-state index contributed by atoms with van der Waals surface area (Å²) in [5.41, 5.74) is 6.65. The fourth-order valence-corrected chi connectivity index (χ4v) is 6.63. The molecule has 0 fully saturated rings. The topological polar surface area (TPSA) is 203 Å². The van der Waals surface area contributed by atoms with Crippen molar-refractivity contribution in [3.63, 3.8) is 0 Å². The Labute approximate surface area is 318 Å². The van der Waals surface area contributed by atoms with Crippen molar-refractivity contribution in [3.05, 3.63) is 116 Å². The summed E-state index contributed by atoms with van der Waals surface area (Å²) in [5.74, 6) is 0.857. The molecule has 0 aliphatic carbocycles. The van der Waals surface area contributed by atoms with Crippen LogP contribution in [0.15, 0.2) is 82.8 Å². The van der Waals surface area contributed by atoms with Crippen molar-refractivity contribution in [2.75, 3.05) is 0 Å². The maximum atomic E-state index is 10.4. The molecule has 11 nitrogen and oxygen atoms in total. The summed E-state index contributed by atoms with van der Waals surface area (Å²) in [6.45, 7) is 8.04. The number of pyridine rings is 2. The van der Waals surface area contributed by atoms with Crippen molar-refractivity contribution in [2.45, 2.75) is 49.3 Å². The zero-order valence-corrected chi connectivity index (χ0v) is 36.3. The first-order valence-corrected chi connectivity index (χ1v) is 28.2. The van der Waals surface area contributed by atoms with Gasteiger partial charge in [-0.05, 0) is 97.0 Å².